The van der Waals surface area contributed by atoms with E-state index in [0.29, 0.717) is 11.5 Å². The van der Waals surface area contributed by atoms with Crippen molar-refractivity contribution in [2.24, 2.45) is 0 Å². The predicted octanol–water partition coefficient (Wildman–Crippen LogP) is 2.93. The molecule has 8 heteroatoms. The Kier molecular flexibility index (Phi) is 6.43. The van der Waals surface area contributed by atoms with E-state index in [1.54, 1.807) is 24.3 Å². The smallest absolute Gasteiger partial charge is 0.241 e. The number of aryl methyl sites for hydroxylation is 1. The van der Waals surface area contributed by atoms with Gasteiger partial charge < -0.3 is 14.8 Å². The first-order chi connectivity index (χ1) is 15.4. The zero-order valence-electron chi connectivity index (χ0n) is 17.6. The van der Waals surface area contributed by atoms with Crippen LogP contribution < -0.4 is 19.5 Å². The van der Waals surface area contributed by atoms with Gasteiger partial charge in [0.15, 0.2) is 11.5 Å². The van der Waals surface area contributed by atoms with Crippen molar-refractivity contribution >= 4 is 15.9 Å². The van der Waals surface area contributed by atoms with Gasteiger partial charge in [-0.15, -0.1) is 0 Å². The molecule has 0 aliphatic carbocycles. The largest absolute Gasteiger partial charge is 0.454 e. The third-order valence-corrected chi connectivity index (χ3v) is 6.62. The third-order valence-electron chi connectivity index (χ3n) is 5.13. The first-order valence-electron chi connectivity index (χ1n) is 10.2. The number of fused-ring (bicyclic) bond motifs is 1. The molecule has 1 atom stereocenters. The van der Waals surface area contributed by atoms with Crippen molar-refractivity contribution < 1.29 is 22.7 Å². The molecule has 0 bridgehead atoms. The lowest BCUT2D eigenvalue weighted by atomic mass is 10.1. The Morgan fingerprint density at radius 3 is 2.41 bits per heavy atom. The highest BCUT2D eigenvalue weighted by atomic mass is 32.2. The molecule has 0 unspecified atom stereocenters. The van der Waals surface area contributed by atoms with Crippen molar-refractivity contribution in [3.63, 3.8) is 0 Å². The molecule has 0 fully saturated rings. The van der Waals surface area contributed by atoms with Crippen LogP contribution in [-0.2, 0) is 27.8 Å². The molecule has 1 aliphatic heterocycles. The fraction of sp³-hybridized carbons (Fsp3) is 0.208. The molecule has 3 aromatic rings. The molecule has 0 saturated carbocycles. The van der Waals surface area contributed by atoms with Gasteiger partial charge in [-0.25, -0.2) is 8.42 Å². The average Bonchev–Trinajstić information content (AvgIpc) is 3.26. The molecule has 0 spiro atoms. The molecule has 7 nitrogen and oxygen atoms in total. The molecule has 0 saturated heterocycles. The van der Waals surface area contributed by atoms with E-state index in [0.717, 1.165) is 16.7 Å². The summed E-state index contributed by atoms with van der Waals surface area (Å²) in [6.45, 7) is 2.28. The average molecular weight is 453 g/mol. The Morgan fingerprint density at radius 1 is 0.938 bits per heavy atom. The Morgan fingerprint density at radius 2 is 1.66 bits per heavy atom. The summed E-state index contributed by atoms with van der Waals surface area (Å²) in [5.41, 5.74) is 2.62. The quantitative estimate of drug-likeness (QED) is 0.548. The maximum Gasteiger partial charge on any atom is 0.241 e. The van der Waals surface area contributed by atoms with Gasteiger partial charge in [0.1, 0.15) is 6.04 Å². The van der Waals surface area contributed by atoms with Crippen LogP contribution >= 0.6 is 0 Å². The Labute approximate surface area is 187 Å². The standard InChI is InChI=1S/C24H24N2O5S/c1-17-7-10-20(11-8-17)32(28,29)26-21(13-18-5-3-2-4-6-18)24(27)25-15-19-9-12-22-23(14-19)31-16-30-22/h2-12,14,21,26H,13,15-16H2,1H3,(H,25,27)/t21-/m0/s1. The minimum absolute atomic E-state index is 0.115. The van der Waals surface area contributed by atoms with Crippen molar-refractivity contribution in [3.8, 4) is 11.5 Å². The topological polar surface area (TPSA) is 93.7 Å². The lowest BCUT2D eigenvalue weighted by molar-refractivity contribution is -0.122. The number of carbonyl (C=O) groups is 1. The van der Waals surface area contributed by atoms with Crippen LogP contribution in [-0.4, -0.2) is 27.2 Å². The molecule has 32 heavy (non-hydrogen) atoms. The molecule has 1 heterocycles. The van der Waals surface area contributed by atoms with E-state index in [1.165, 1.54) is 12.1 Å². The van der Waals surface area contributed by atoms with Crippen LogP contribution in [0.25, 0.3) is 0 Å². The molecule has 166 valence electrons. The van der Waals surface area contributed by atoms with Crippen LogP contribution in [0.5, 0.6) is 11.5 Å². The monoisotopic (exact) mass is 452 g/mol. The van der Waals surface area contributed by atoms with Crippen molar-refractivity contribution in [1.29, 1.82) is 0 Å². The van der Waals surface area contributed by atoms with E-state index in [4.69, 9.17) is 9.47 Å². The summed E-state index contributed by atoms with van der Waals surface area (Å²) in [7, 11) is -3.88. The summed E-state index contributed by atoms with van der Waals surface area (Å²) in [5, 5.41) is 2.83. The van der Waals surface area contributed by atoms with Gasteiger partial charge >= 0.3 is 0 Å². The van der Waals surface area contributed by atoms with Crippen molar-refractivity contribution in [2.75, 3.05) is 6.79 Å². The van der Waals surface area contributed by atoms with Crippen molar-refractivity contribution in [2.45, 2.75) is 30.8 Å². The lowest BCUT2D eigenvalue weighted by Crippen LogP contribution is -2.47. The SMILES string of the molecule is Cc1ccc(S(=O)(=O)N[C@@H](Cc2ccccc2)C(=O)NCc2ccc3c(c2)OCO3)cc1. The third kappa shape index (κ3) is 5.27. The normalized spacial score (nSPS) is 13.5. The van der Waals surface area contributed by atoms with E-state index >= 15 is 0 Å². The van der Waals surface area contributed by atoms with Crippen molar-refractivity contribution in [3.05, 3.63) is 89.5 Å². The van der Waals surface area contributed by atoms with Gasteiger partial charge in [-0.3, -0.25) is 4.79 Å². The van der Waals surface area contributed by atoms with E-state index in [9.17, 15) is 13.2 Å². The molecule has 0 aromatic heterocycles. The minimum atomic E-state index is -3.88. The predicted molar refractivity (Wildman–Crippen MR) is 120 cm³/mol. The number of amides is 1. The van der Waals surface area contributed by atoms with Gasteiger partial charge in [0.25, 0.3) is 0 Å². The summed E-state index contributed by atoms with van der Waals surface area (Å²) >= 11 is 0. The summed E-state index contributed by atoms with van der Waals surface area (Å²) in [5.74, 6) is 0.868. The zero-order valence-corrected chi connectivity index (χ0v) is 18.4. The molecular formula is C24H24N2O5S. The fourth-order valence-electron chi connectivity index (χ4n) is 3.37. The molecule has 3 aromatic carbocycles. The van der Waals surface area contributed by atoms with E-state index in [-0.39, 0.29) is 24.7 Å². The van der Waals surface area contributed by atoms with Gasteiger partial charge in [-0.05, 0) is 48.7 Å². The van der Waals surface area contributed by atoms with Gasteiger partial charge in [-0.2, -0.15) is 4.72 Å². The highest BCUT2D eigenvalue weighted by Gasteiger charge is 2.26. The second kappa shape index (κ2) is 9.42. The van der Waals surface area contributed by atoms with E-state index in [1.807, 2.05) is 43.3 Å². The van der Waals surface area contributed by atoms with Crippen LogP contribution in [0.3, 0.4) is 0 Å². The molecule has 1 amide bonds. The molecule has 0 radical (unpaired) electrons. The van der Waals surface area contributed by atoms with E-state index in [2.05, 4.69) is 10.0 Å². The number of rotatable bonds is 8. The Bertz CT molecular complexity index is 1190. The summed E-state index contributed by atoms with van der Waals surface area (Å²) in [6, 6.07) is 20.2. The zero-order chi connectivity index (χ0) is 22.6. The first kappa shape index (κ1) is 21.9. The summed E-state index contributed by atoms with van der Waals surface area (Å²) in [4.78, 5) is 13.1. The maximum atomic E-state index is 13.0. The van der Waals surface area contributed by atoms with E-state index < -0.39 is 22.0 Å². The van der Waals surface area contributed by atoms with Crippen LogP contribution in [0, 0.1) is 6.92 Å². The van der Waals surface area contributed by atoms with Crippen LogP contribution in [0.2, 0.25) is 0 Å². The highest BCUT2D eigenvalue weighted by molar-refractivity contribution is 7.89. The Hall–Kier alpha value is -3.36. The number of hydrogen-bond acceptors (Lipinski definition) is 5. The molecule has 2 N–H and O–H groups in total. The molecule has 1 aliphatic rings. The molecule has 4 rings (SSSR count). The summed E-state index contributed by atoms with van der Waals surface area (Å²) in [6.07, 6.45) is 0.221. The number of benzene rings is 3. The van der Waals surface area contributed by atoms with Crippen LogP contribution in [0.15, 0.2) is 77.7 Å². The maximum absolute atomic E-state index is 13.0. The second-order valence-electron chi connectivity index (χ2n) is 7.58. The number of hydrogen-bond donors (Lipinski definition) is 2. The van der Waals surface area contributed by atoms with Gasteiger partial charge in [0, 0.05) is 6.54 Å². The molecular weight excluding hydrogens is 428 g/mol. The summed E-state index contributed by atoms with van der Waals surface area (Å²) < 4.78 is 39.1. The van der Waals surface area contributed by atoms with Gasteiger partial charge in [0.2, 0.25) is 22.7 Å². The number of carbonyl (C=O) groups excluding carboxylic acids is 1. The van der Waals surface area contributed by atoms with Crippen LogP contribution in [0.4, 0.5) is 0 Å². The number of ether oxygens (including phenoxy) is 2. The van der Waals surface area contributed by atoms with Crippen molar-refractivity contribution in [1.82, 2.24) is 10.0 Å². The number of nitrogens with one attached hydrogen (secondary N) is 2. The van der Waals surface area contributed by atoms with Gasteiger partial charge in [-0.1, -0.05) is 54.1 Å². The highest BCUT2D eigenvalue weighted by Crippen LogP contribution is 2.32. The lowest BCUT2D eigenvalue weighted by Gasteiger charge is -2.19. The second-order valence-corrected chi connectivity index (χ2v) is 9.30. The fourth-order valence-corrected chi connectivity index (χ4v) is 4.57. The van der Waals surface area contributed by atoms with Gasteiger partial charge in [0.05, 0.1) is 4.90 Å². The minimum Gasteiger partial charge on any atom is -0.454 e. The Balaban J connectivity index is 1.50. The van der Waals surface area contributed by atoms with Crippen LogP contribution in [0.1, 0.15) is 16.7 Å². The first-order valence-corrected chi connectivity index (χ1v) is 11.7. The number of sulfonamides is 1.